The molecule has 0 saturated carbocycles. The fraction of sp³-hybridized carbons (Fsp3) is 0.192. The van der Waals surface area contributed by atoms with Crippen LogP contribution in [0.2, 0.25) is 0 Å². The minimum Gasteiger partial charge on any atom is -0.340 e. The Labute approximate surface area is 181 Å². The zero-order valence-electron chi connectivity index (χ0n) is 17.3. The lowest BCUT2D eigenvalue weighted by Crippen LogP contribution is -2.30. The molecule has 0 saturated heterocycles. The molecule has 0 fully saturated rings. The van der Waals surface area contributed by atoms with Gasteiger partial charge in [0.05, 0.1) is 0 Å². The molecule has 0 radical (unpaired) electrons. The lowest BCUT2D eigenvalue weighted by atomic mass is 10.0. The van der Waals surface area contributed by atoms with Gasteiger partial charge in [-0.2, -0.15) is 0 Å². The summed E-state index contributed by atoms with van der Waals surface area (Å²) >= 11 is 0. The molecule has 1 aromatic heterocycles. The summed E-state index contributed by atoms with van der Waals surface area (Å²) in [7, 11) is 0. The molecule has 1 aliphatic heterocycles. The van der Waals surface area contributed by atoms with E-state index in [0.29, 0.717) is 5.56 Å². The zero-order chi connectivity index (χ0) is 21.2. The number of para-hydroxylation sites is 1. The summed E-state index contributed by atoms with van der Waals surface area (Å²) in [6.45, 7) is 3.71. The van der Waals surface area contributed by atoms with E-state index in [0.717, 1.165) is 38.2 Å². The Morgan fingerprint density at radius 3 is 2.35 bits per heavy atom. The van der Waals surface area contributed by atoms with Crippen molar-refractivity contribution in [1.82, 2.24) is 14.9 Å². The van der Waals surface area contributed by atoms with Crippen LogP contribution >= 0.6 is 0 Å². The molecule has 5 heteroatoms. The molecule has 5 rings (SSSR count). The lowest BCUT2D eigenvalue weighted by Gasteiger charge is -2.28. The second-order valence-corrected chi connectivity index (χ2v) is 8.11. The molecule has 0 bridgehead atoms. The molecule has 2 heterocycles. The quantitative estimate of drug-likeness (QED) is 0.379. The highest BCUT2D eigenvalue weighted by Gasteiger charge is 2.24. The summed E-state index contributed by atoms with van der Waals surface area (Å²) < 4.78 is 2.42. The van der Waals surface area contributed by atoms with E-state index in [1.807, 2.05) is 12.1 Å². The number of hydroxylamine groups is 1. The largest absolute Gasteiger partial charge is 0.340 e. The molecule has 1 aliphatic rings. The van der Waals surface area contributed by atoms with Crippen molar-refractivity contribution in [3.8, 4) is 0 Å². The van der Waals surface area contributed by atoms with Gasteiger partial charge in [-0.15, -0.1) is 0 Å². The number of rotatable bonds is 5. The number of hydrogen-bond donors (Lipinski definition) is 2. The van der Waals surface area contributed by atoms with Crippen molar-refractivity contribution < 1.29 is 10.0 Å². The van der Waals surface area contributed by atoms with Gasteiger partial charge in [-0.05, 0) is 34.9 Å². The molecular formula is C26H25N3O2. The van der Waals surface area contributed by atoms with E-state index in [-0.39, 0.29) is 0 Å². The van der Waals surface area contributed by atoms with E-state index in [1.165, 1.54) is 27.7 Å². The number of fused-ring (bicyclic) bond motifs is 3. The summed E-state index contributed by atoms with van der Waals surface area (Å²) in [5.74, 6) is -0.492. The van der Waals surface area contributed by atoms with E-state index in [9.17, 15) is 4.79 Å². The average molecular weight is 412 g/mol. The third-order valence-corrected chi connectivity index (χ3v) is 6.15. The minimum absolute atomic E-state index is 0.446. The first-order valence-electron chi connectivity index (χ1n) is 10.6. The highest BCUT2D eigenvalue weighted by Crippen LogP contribution is 2.32. The molecule has 31 heavy (non-hydrogen) atoms. The summed E-state index contributed by atoms with van der Waals surface area (Å²) in [6, 6.07) is 26.7. The SMILES string of the molecule is O=C(NO)c1ccc(Cn2c3c(c4ccccc42)CN(Cc2ccccc2)CC3)cc1. The number of carbonyl (C=O) groups is 1. The van der Waals surface area contributed by atoms with E-state index in [4.69, 9.17) is 5.21 Å². The van der Waals surface area contributed by atoms with E-state index in [1.54, 1.807) is 17.6 Å². The summed E-state index contributed by atoms with van der Waals surface area (Å²) in [6.07, 6.45) is 1.02. The first-order valence-corrected chi connectivity index (χ1v) is 10.6. The summed E-state index contributed by atoms with van der Waals surface area (Å²) in [5.41, 5.74) is 8.69. The Kier molecular flexibility index (Phi) is 5.28. The number of benzene rings is 3. The number of hydrogen-bond acceptors (Lipinski definition) is 3. The van der Waals surface area contributed by atoms with Gasteiger partial charge in [-0.1, -0.05) is 60.7 Å². The maximum Gasteiger partial charge on any atom is 0.274 e. The Morgan fingerprint density at radius 2 is 1.58 bits per heavy atom. The van der Waals surface area contributed by atoms with Crippen LogP contribution in [0.15, 0.2) is 78.9 Å². The van der Waals surface area contributed by atoms with Gasteiger partial charge in [-0.3, -0.25) is 14.9 Å². The molecule has 0 aliphatic carbocycles. The Hall–Kier alpha value is -3.41. The average Bonchev–Trinajstić information content (AvgIpc) is 3.13. The minimum atomic E-state index is -0.492. The molecule has 4 aromatic rings. The molecule has 2 N–H and O–H groups in total. The van der Waals surface area contributed by atoms with Crippen LogP contribution in [0, 0.1) is 0 Å². The fourth-order valence-electron chi connectivity index (χ4n) is 4.62. The van der Waals surface area contributed by atoms with E-state index in [2.05, 4.69) is 64.1 Å². The number of amides is 1. The van der Waals surface area contributed by atoms with Crippen LogP contribution in [-0.2, 0) is 26.1 Å². The van der Waals surface area contributed by atoms with Crippen molar-refractivity contribution >= 4 is 16.8 Å². The zero-order valence-corrected chi connectivity index (χ0v) is 17.3. The van der Waals surface area contributed by atoms with Gasteiger partial charge in [0, 0.05) is 54.8 Å². The molecule has 156 valence electrons. The summed E-state index contributed by atoms with van der Waals surface area (Å²) in [4.78, 5) is 14.1. The molecular weight excluding hydrogens is 386 g/mol. The van der Waals surface area contributed by atoms with Crippen LogP contribution in [0.1, 0.15) is 32.7 Å². The van der Waals surface area contributed by atoms with Gasteiger partial charge in [0.2, 0.25) is 0 Å². The highest BCUT2D eigenvalue weighted by molar-refractivity contribution is 5.93. The molecule has 0 spiro atoms. The maximum atomic E-state index is 11.6. The third-order valence-electron chi connectivity index (χ3n) is 6.15. The molecule has 3 aromatic carbocycles. The van der Waals surface area contributed by atoms with Crippen molar-refractivity contribution in [1.29, 1.82) is 0 Å². The van der Waals surface area contributed by atoms with Crippen molar-refractivity contribution in [3.05, 3.63) is 107 Å². The Bertz CT molecular complexity index is 1210. The standard InChI is InChI=1S/C26H25N3O2/c30-26(27-31)21-12-10-20(11-13-21)17-29-24-9-5-4-8-22(24)23-18-28(15-14-25(23)29)16-19-6-2-1-3-7-19/h1-13,31H,14-18H2,(H,27,30). The normalized spacial score (nSPS) is 13.8. The van der Waals surface area contributed by atoms with Gasteiger partial charge >= 0.3 is 0 Å². The van der Waals surface area contributed by atoms with Crippen LogP contribution < -0.4 is 5.48 Å². The van der Waals surface area contributed by atoms with Crippen LogP contribution in [0.4, 0.5) is 0 Å². The molecule has 1 amide bonds. The first-order chi connectivity index (χ1) is 15.2. The van der Waals surface area contributed by atoms with Gasteiger partial charge in [0.15, 0.2) is 0 Å². The predicted molar refractivity (Wildman–Crippen MR) is 121 cm³/mol. The van der Waals surface area contributed by atoms with Crippen molar-refractivity contribution in [2.75, 3.05) is 6.54 Å². The number of nitrogens with zero attached hydrogens (tertiary/aromatic N) is 2. The third kappa shape index (κ3) is 3.85. The van der Waals surface area contributed by atoms with Crippen molar-refractivity contribution in [3.63, 3.8) is 0 Å². The van der Waals surface area contributed by atoms with Crippen LogP contribution in [0.5, 0.6) is 0 Å². The van der Waals surface area contributed by atoms with Crippen LogP contribution in [0.3, 0.4) is 0 Å². The highest BCUT2D eigenvalue weighted by atomic mass is 16.5. The van der Waals surface area contributed by atoms with Gasteiger partial charge in [-0.25, -0.2) is 5.48 Å². The maximum absolute atomic E-state index is 11.6. The smallest absolute Gasteiger partial charge is 0.274 e. The lowest BCUT2D eigenvalue weighted by molar-refractivity contribution is 0.0706. The Balaban J connectivity index is 1.45. The van der Waals surface area contributed by atoms with E-state index >= 15 is 0 Å². The van der Waals surface area contributed by atoms with Crippen LogP contribution in [-0.4, -0.2) is 27.1 Å². The predicted octanol–water partition coefficient (Wildman–Crippen LogP) is 4.37. The second kappa shape index (κ2) is 8.38. The number of nitrogens with one attached hydrogen (secondary N) is 1. The van der Waals surface area contributed by atoms with Crippen molar-refractivity contribution in [2.24, 2.45) is 0 Å². The summed E-state index contributed by atoms with van der Waals surface area (Å²) in [5, 5.41) is 10.1. The van der Waals surface area contributed by atoms with Crippen LogP contribution in [0.25, 0.3) is 10.9 Å². The topological polar surface area (TPSA) is 57.5 Å². The monoisotopic (exact) mass is 411 g/mol. The molecule has 5 nitrogen and oxygen atoms in total. The van der Waals surface area contributed by atoms with Gasteiger partial charge in [0.25, 0.3) is 5.91 Å². The van der Waals surface area contributed by atoms with Crippen molar-refractivity contribution in [2.45, 2.75) is 26.1 Å². The number of aromatic nitrogens is 1. The molecule has 0 unspecified atom stereocenters. The second-order valence-electron chi connectivity index (χ2n) is 8.11. The molecule has 0 atom stereocenters. The number of carbonyl (C=O) groups excluding carboxylic acids is 1. The fourth-order valence-corrected chi connectivity index (χ4v) is 4.62. The van der Waals surface area contributed by atoms with Gasteiger partial charge in [0.1, 0.15) is 0 Å². The Morgan fingerprint density at radius 1 is 0.871 bits per heavy atom. The van der Waals surface area contributed by atoms with Gasteiger partial charge < -0.3 is 4.57 Å². The first kappa shape index (κ1) is 19.5. The van der Waals surface area contributed by atoms with E-state index < -0.39 is 5.91 Å².